The van der Waals surface area contributed by atoms with E-state index in [1.165, 1.54) is 0 Å². The molecule has 0 saturated carbocycles. The molecule has 0 spiro atoms. The van der Waals surface area contributed by atoms with E-state index in [9.17, 15) is 4.79 Å². The quantitative estimate of drug-likeness (QED) is 0.834. The number of anilines is 1. The molecule has 0 atom stereocenters. The van der Waals surface area contributed by atoms with Crippen molar-refractivity contribution in [3.63, 3.8) is 0 Å². The number of carbonyl (C=O) groups excluding carboxylic acids is 1. The summed E-state index contributed by atoms with van der Waals surface area (Å²) in [4.78, 5) is 20.9. The van der Waals surface area contributed by atoms with Crippen LogP contribution in [0.15, 0.2) is 41.1 Å². The molecule has 0 aliphatic carbocycles. The molecule has 21 heavy (non-hydrogen) atoms. The van der Waals surface area contributed by atoms with Crippen LogP contribution in [-0.2, 0) is 7.05 Å². The maximum absolute atomic E-state index is 12.4. The van der Waals surface area contributed by atoms with Gasteiger partial charge in [-0.25, -0.2) is 4.98 Å². The molecular weight excluding hydrogens is 332 g/mol. The zero-order valence-electron chi connectivity index (χ0n) is 11.9. The average molecular weight is 349 g/mol. The van der Waals surface area contributed by atoms with Crippen LogP contribution >= 0.6 is 15.9 Å². The third-order valence-electron chi connectivity index (χ3n) is 3.74. The first-order chi connectivity index (χ1) is 10.1. The summed E-state index contributed by atoms with van der Waals surface area (Å²) in [5.74, 6) is 1.06. The molecule has 0 N–H and O–H groups in total. The number of halogens is 1. The molecule has 3 rings (SSSR count). The van der Waals surface area contributed by atoms with Crippen LogP contribution in [0.1, 0.15) is 10.4 Å². The molecule has 1 aromatic heterocycles. The van der Waals surface area contributed by atoms with E-state index in [1.54, 1.807) is 6.20 Å². The zero-order chi connectivity index (χ0) is 14.8. The summed E-state index contributed by atoms with van der Waals surface area (Å²) in [6.45, 7) is 3.07. The number of hydrogen-bond acceptors (Lipinski definition) is 3. The summed E-state index contributed by atoms with van der Waals surface area (Å²) < 4.78 is 2.99. The predicted molar refractivity (Wildman–Crippen MR) is 85.5 cm³/mol. The molecule has 1 saturated heterocycles. The van der Waals surface area contributed by atoms with Crippen molar-refractivity contribution in [3.05, 3.63) is 46.7 Å². The Labute approximate surface area is 132 Å². The maximum Gasteiger partial charge on any atom is 0.253 e. The van der Waals surface area contributed by atoms with Crippen LogP contribution < -0.4 is 4.90 Å². The Hall–Kier alpha value is -1.82. The van der Waals surface area contributed by atoms with Gasteiger partial charge in [0.05, 0.1) is 0 Å². The lowest BCUT2D eigenvalue weighted by atomic mass is 10.2. The van der Waals surface area contributed by atoms with Crippen molar-refractivity contribution in [2.24, 2.45) is 7.05 Å². The van der Waals surface area contributed by atoms with Crippen molar-refractivity contribution in [2.45, 2.75) is 0 Å². The number of rotatable bonds is 2. The second-order valence-electron chi connectivity index (χ2n) is 5.12. The Morgan fingerprint density at radius 3 is 2.38 bits per heavy atom. The first-order valence-electron chi connectivity index (χ1n) is 6.92. The van der Waals surface area contributed by atoms with E-state index < -0.39 is 0 Å². The minimum atomic E-state index is 0.0991. The molecular formula is C15H17BrN4O. The fraction of sp³-hybridized carbons (Fsp3) is 0.333. The Morgan fingerprint density at radius 2 is 1.81 bits per heavy atom. The highest BCUT2D eigenvalue weighted by atomic mass is 79.9. The molecule has 0 radical (unpaired) electrons. The van der Waals surface area contributed by atoms with E-state index in [-0.39, 0.29) is 5.91 Å². The van der Waals surface area contributed by atoms with Gasteiger partial charge in [0.25, 0.3) is 5.91 Å². The van der Waals surface area contributed by atoms with Gasteiger partial charge in [-0.15, -0.1) is 0 Å². The lowest BCUT2D eigenvalue weighted by Gasteiger charge is -2.35. The van der Waals surface area contributed by atoms with E-state index in [0.29, 0.717) is 0 Å². The number of carbonyl (C=O) groups is 1. The highest BCUT2D eigenvalue weighted by molar-refractivity contribution is 9.10. The molecule has 2 aromatic rings. The smallest absolute Gasteiger partial charge is 0.253 e. The van der Waals surface area contributed by atoms with Crippen molar-refractivity contribution in [2.75, 3.05) is 31.1 Å². The van der Waals surface area contributed by atoms with Crippen molar-refractivity contribution in [1.29, 1.82) is 0 Å². The van der Waals surface area contributed by atoms with Crippen molar-refractivity contribution in [1.82, 2.24) is 14.5 Å². The Kier molecular flexibility index (Phi) is 3.96. The van der Waals surface area contributed by atoms with Crippen LogP contribution in [0.5, 0.6) is 0 Å². The topological polar surface area (TPSA) is 41.4 Å². The standard InChI is InChI=1S/C15H17BrN4O/c1-18-7-6-17-15(18)20-10-8-19(9-11-20)14(21)12-2-4-13(16)5-3-12/h2-7H,8-11H2,1H3. The third-order valence-corrected chi connectivity index (χ3v) is 4.27. The molecule has 0 bridgehead atoms. The first-order valence-corrected chi connectivity index (χ1v) is 7.71. The van der Waals surface area contributed by atoms with Crippen LogP contribution in [0.2, 0.25) is 0 Å². The average Bonchev–Trinajstić information content (AvgIpc) is 2.94. The summed E-state index contributed by atoms with van der Waals surface area (Å²) in [7, 11) is 1.99. The fourth-order valence-corrected chi connectivity index (χ4v) is 2.81. The molecule has 2 heterocycles. The van der Waals surface area contributed by atoms with Gasteiger partial charge < -0.3 is 14.4 Å². The summed E-state index contributed by atoms with van der Waals surface area (Å²) in [6.07, 6.45) is 3.74. The number of aryl methyl sites for hydroxylation is 1. The van der Waals surface area contributed by atoms with Crippen LogP contribution in [0.4, 0.5) is 5.95 Å². The number of hydrogen-bond donors (Lipinski definition) is 0. The molecule has 0 unspecified atom stereocenters. The fourth-order valence-electron chi connectivity index (χ4n) is 2.55. The molecule has 110 valence electrons. The van der Waals surface area contributed by atoms with E-state index >= 15 is 0 Å². The van der Waals surface area contributed by atoms with Gasteiger partial charge in [-0.3, -0.25) is 4.79 Å². The van der Waals surface area contributed by atoms with Crippen LogP contribution in [-0.4, -0.2) is 46.5 Å². The van der Waals surface area contributed by atoms with Gasteiger partial charge in [0.1, 0.15) is 0 Å². The number of aromatic nitrogens is 2. The number of imidazole rings is 1. The van der Waals surface area contributed by atoms with E-state index in [4.69, 9.17) is 0 Å². The van der Waals surface area contributed by atoms with Gasteiger partial charge in [-0.2, -0.15) is 0 Å². The highest BCUT2D eigenvalue weighted by Crippen LogP contribution is 2.16. The lowest BCUT2D eigenvalue weighted by Crippen LogP contribution is -2.49. The summed E-state index contributed by atoms with van der Waals surface area (Å²) in [5, 5.41) is 0. The molecule has 5 nitrogen and oxygen atoms in total. The largest absolute Gasteiger partial charge is 0.339 e. The van der Waals surface area contributed by atoms with Gasteiger partial charge in [0.15, 0.2) is 0 Å². The Morgan fingerprint density at radius 1 is 1.14 bits per heavy atom. The Balaban J connectivity index is 1.64. The minimum absolute atomic E-state index is 0.0991. The minimum Gasteiger partial charge on any atom is -0.339 e. The van der Waals surface area contributed by atoms with Gasteiger partial charge in [0, 0.05) is 55.7 Å². The van der Waals surface area contributed by atoms with Gasteiger partial charge in [0.2, 0.25) is 5.95 Å². The summed E-state index contributed by atoms with van der Waals surface area (Å²) in [6, 6.07) is 7.52. The number of benzene rings is 1. The first kappa shape index (κ1) is 14.1. The zero-order valence-corrected chi connectivity index (χ0v) is 13.5. The van der Waals surface area contributed by atoms with Crippen LogP contribution in [0, 0.1) is 0 Å². The maximum atomic E-state index is 12.4. The van der Waals surface area contributed by atoms with Crippen LogP contribution in [0.3, 0.4) is 0 Å². The SMILES string of the molecule is Cn1ccnc1N1CCN(C(=O)c2ccc(Br)cc2)CC1. The molecule has 1 aliphatic rings. The Bertz CT molecular complexity index is 629. The van der Waals surface area contributed by atoms with E-state index in [1.807, 2.05) is 47.0 Å². The summed E-state index contributed by atoms with van der Waals surface area (Å²) >= 11 is 3.39. The monoisotopic (exact) mass is 348 g/mol. The summed E-state index contributed by atoms with van der Waals surface area (Å²) in [5.41, 5.74) is 0.739. The second kappa shape index (κ2) is 5.89. The third kappa shape index (κ3) is 2.95. The molecule has 1 aliphatic heterocycles. The van der Waals surface area contributed by atoms with Crippen molar-refractivity contribution < 1.29 is 4.79 Å². The second-order valence-corrected chi connectivity index (χ2v) is 6.04. The molecule has 1 aromatic carbocycles. The molecule has 1 fully saturated rings. The van der Waals surface area contributed by atoms with Crippen LogP contribution in [0.25, 0.3) is 0 Å². The van der Waals surface area contributed by atoms with Crippen molar-refractivity contribution in [3.8, 4) is 0 Å². The normalized spacial score (nSPS) is 15.3. The number of piperazine rings is 1. The number of nitrogens with zero attached hydrogens (tertiary/aromatic N) is 4. The predicted octanol–water partition coefficient (Wildman–Crippen LogP) is 2.15. The molecule has 1 amide bonds. The lowest BCUT2D eigenvalue weighted by molar-refractivity contribution is 0.0746. The van der Waals surface area contributed by atoms with Gasteiger partial charge in [-0.1, -0.05) is 15.9 Å². The van der Waals surface area contributed by atoms with Gasteiger partial charge >= 0.3 is 0 Å². The highest BCUT2D eigenvalue weighted by Gasteiger charge is 2.23. The van der Waals surface area contributed by atoms with E-state index in [2.05, 4.69) is 25.8 Å². The number of amides is 1. The molecule has 6 heteroatoms. The van der Waals surface area contributed by atoms with Gasteiger partial charge in [-0.05, 0) is 24.3 Å². The van der Waals surface area contributed by atoms with E-state index in [0.717, 1.165) is 42.2 Å². The van der Waals surface area contributed by atoms with Crippen molar-refractivity contribution >= 4 is 27.8 Å².